The Morgan fingerprint density at radius 3 is 0.353 bits per heavy atom. The van der Waals surface area contributed by atoms with Gasteiger partial charge >= 0.3 is 56.6 Å². The van der Waals surface area contributed by atoms with Gasteiger partial charge in [-0.25, -0.2) is 0 Å². The fourth-order valence-corrected chi connectivity index (χ4v) is 0. The molecule has 0 aliphatic heterocycles. The van der Waals surface area contributed by atoms with Crippen LogP contribution in [-0.4, -0.2) is 62.1 Å². The molecule has 0 rings (SSSR count). The van der Waals surface area contributed by atoms with Crippen LogP contribution in [0.3, 0.4) is 0 Å². The maximum atomic E-state index is 8.42. The van der Waals surface area contributed by atoms with E-state index < -0.39 is 7.32 Å². The minimum absolute atomic E-state index is 0. The molecule has 0 radical (unpaired) electrons. The zero-order chi connectivity index (χ0) is 3.58. The van der Waals surface area contributed by atoms with E-state index in [0.717, 1.165) is 0 Å². The molecule has 0 saturated carbocycles. The van der Waals surface area contributed by atoms with Gasteiger partial charge in [-0.2, -0.15) is 0 Å². The van der Waals surface area contributed by atoms with Crippen molar-refractivity contribution in [1.29, 1.82) is 0 Å². The van der Waals surface area contributed by atoms with Crippen LogP contribution < -0.4 is 71.7 Å². The van der Waals surface area contributed by atoms with E-state index in [9.17, 15) is 0 Å². The summed E-state index contributed by atoms with van der Waals surface area (Å²) in [6.07, 6.45) is 0. The Hall–Kier alpha value is 1.34. The fourth-order valence-electron chi connectivity index (χ4n) is 0. The summed E-state index contributed by atoms with van der Waals surface area (Å²) in [6.45, 7) is 0. The van der Waals surface area contributed by atoms with E-state index >= 15 is 0 Å². The van der Waals surface area contributed by atoms with Gasteiger partial charge in [0.2, 0.25) is 0 Å². The van der Waals surface area contributed by atoms with Crippen molar-refractivity contribution >= 4 is 7.32 Å². The topological polar surface area (TPSA) is 384 Å². The summed E-state index contributed by atoms with van der Waals surface area (Å²) in [5.41, 5.74) is 0. The van der Waals surface area contributed by atoms with Crippen LogP contribution in [0.2, 0.25) is 0 Å². The van der Waals surface area contributed by atoms with Crippen molar-refractivity contribution in [2.24, 2.45) is 0 Å². The van der Waals surface area contributed by atoms with Crippen molar-refractivity contribution in [2.75, 3.05) is 0 Å². The average molecular weight is 260 g/mol. The molecule has 0 amide bonds. The third-order valence-corrected chi connectivity index (χ3v) is 0. The van der Waals surface area contributed by atoms with Crippen LogP contribution in [0.1, 0.15) is 0 Å². The van der Waals surface area contributed by atoms with Crippen molar-refractivity contribution in [3.05, 3.63) is 0 Å². The van der Waals surface area contributed by atoms with Crippen molar-refractivity contribution in [3.8, 4) is 0 Å². The molecule has 0 aromatic rings. The quantitative estimate of drug-likeness (QED) is 0.382. The predicted octanol–water partition coefficient (Wildman–Crippen LogP) is -21.2. The molecule has 0 bridgehead atoms. The standard InChI is InChI=1S/BO3.3Li.10H2O/c2-1(3)4;;;;;;;;;;;;;/h;;;;10*1H2/q-3;3*+1;;;;;;;;;;. The Morgan fingerprint density at radius 2 is 0.353 bits per heavy atom. The second-order valence-corrected chi connectivity index (χ2v) is 0.289. The largest absolute Gasteiger partial charge is 1.00 e. The SMILES string of the molecule is O.O.O.O.O.O.O.O.O.O.[Li+].[Li+].[Li+].[O-]B([O-])[O-]. The summed E-state index contributed by atoms with van der Waals surface area (Å²) in [4.78, 5) is 0. The van der Waals surface area contributed by atoms with Gasteiger partial charge in [-0.3, -0.25) is 7.32 Å². The Kier molecular flexibility index (Phi) is 4240. The first-order chi connectivity index (χ1) is 1.73. The van der Waals surface area contributed by atoms with E-state index in [2.05, 4.69) is 0 Å². The van der Waals surface area contributed by atoms with Crippen molar-refractivity contribution in [1.82, 2.24) is 0 Å². The third-order valence-electron chi connectivity index (χ3n) is 0. The summed E-state index contributed by atoms with van der Waals surface area (Å²) in [6, 6.07) is 0. The van der Waals surface area contributed by atoms with Gasteiger partial charge < -0.3 is 69.8 Å². The van der Waals surface area contributed by atoms with Gasteiger partial charge in [-0.05, 0) is 0 Å². The normalized spacial score (nSPS) is 1.59. The van der Waals surface area contributed by atoms with E-state index in [1.807, 2.05) is 0 Å². The molecule has 13 nitrogen and oxygen atoms in total. The molecule has 0 fully saturated rings. The number of hydrogen-bond donors (Lipinski definition) is 0. The average Bonchev–Trinajstić information content (AvgIpc) is 0.811. The molecule has 0 atom stereocenters. The van der Waals surface area contributed by atoms with Crippen molar-refractivity contribution in [2.45, 2.75) is 0 Å². The molecule has 0 aliphatic carbocycles. The molecule has 0 unspecified atom stereocenters. The summed E-state index contributed by atoms with van der Waals surface area (Å²) >= 11 is 0. The van der Waals surface area contributed by atoms with Crippen LogP contribution >= 0.6 is 0 Å². The molecule has 104 valence electrons. The minimum Gasteiger partial charge on any atom is -0.907 e. The van der Waals surface area contributed by atoms with Gasteiger partial charge in [0.1, 0.15) is 0 Å². The Morgan fingerprint density at radius 1 is 0.353 bits per heavy atom. The molecule has 0 heterocycles. The van der Waals surface area contributed by atoms with Crippen LogP contribution in [0.15, 0.2) is 0 Å². The zero-order valence-corrected chi connectivity index (χ0v) is 9.80. The van der Waals surface area contributed by atoms with Gasteiger partial charge in [-0.1, -0.05) is 0 Å². The van der Waals surface area contributed by atoms with Crippen LogP contribution in [0, 0.1) is 0 Å². The zero-order valence-electron chi connectivity index (χ0n) is 9.80. The van der Waals surface area contributed by atoms with E-state index in [0.29, 0.717) is 0 Å². The van der Waals surface area contributed by atoms with Crippen LogP contribution in [0.25, 0.3) is 0 Å². The summed E-state index contributed by atoms with van der Waals surface area (Å²) in [5, 5.41) is 25.2. The third kappa shape index (κ3) is 2280. The molecular weight excluding hydrogens is 240 g/mol. The van der Waals surface area contributed by atoms with Gasteiger partial charge in [0.15, 0.2) is 0 Å². The first-order valence-electron chi connectivity index (χ1n) is 0.707. The molecule has 20 N–H and O–H groups in total. The predicted molar refractivity (Wildman–Crippen MR) is 41.9 cm³/mol. The van der Waals surface area contributed by atoms with E-state index in [1.54, 1.807) is 0 Å². The summed E-state index contributed by atoms with van der Waals surface area (Å²) in [7, 11) is -2.92. The van der Waals surface area contributed by atoms with Crippen LogP contribution in [0.5, 0.6) is 0 Å². The first kappa shape index (κ1) is 293. The molecule has 17 heavy (non-hydrogen) atoms. The fraction of sp³-hybridized carbons (Fsp3) is 0. The second-order valence-electron chi connectivity index (χ2n) is 0.289. The first-order valence-corrected chi connectivity index (χ1v) is 0.707. The molecular formula is H20BLi3O13. The molecule has 0 saturated heterocycles. The van der Waals surface area contributed by atoms with Gasteiger partial charge in [-0.15, -0.1) is 0 Å². The second kappa shape index (κ2) is 246. The molecule has 0 aromatic heterocycles. The molecule has 0 aliphatic rings. The van der Waals surface area contributed by atoms with Crippen molar-refractivity contribution in [3.63, 3.8) is 0 Å². The summed E-state index contributed by atoms with van der Waals surface area (Å²) in [5.74, 6) is 0. The van der Waals surface area contributed by atoms with E-state index in [4.69, 9.17) is 15.1 Å². The van der Waals surface area contributed by atoms with Crippen molar-refractivity contribution < 1.29 is 126 Å². The van der Waals surface area contributed by atoms with Gasteiger partial charge in [0, 0.05) is 0 Å². The maximum absolute atomic E-state index is 8.42. The van der Waals surface area contributed by atoms with Gasteiger partial charge in [0.25, 0.3) is 0 Å². The van der Waals surface area contributed by atoms with Crippen LogP contribution in [-0.2, 0) is 0 Å². The number of hydrogen-bond acceptors (Lipinski definition) is 3. The van der Waals surface area contributed by atoms with Gasteiger partial charge in [0.05, 0.1) is 0 Å². The Balaban J connectivity index is -0.000000000577. The Labute approximate surface area is 133 Å². The maximum Gasteiger partial charge on any atom is 1.00 e. The molecule has 17 heteroatoms. The van der Waals surface area contributed by atoms with Crippen LogP contribution in [0.4, 0.5) is 0 Å². The van der Waals surface area contributed by atoms with E-state index in [1.165, 1.54) is 0 Å². The Bertz CT molecular complexity index is 21.4. The smallest absolute Gasteiger partial charge is 0.907 e. The van der Waals surface area contributed by atoms with E-state index in [-0.39, 0.29) is 111 Å². The molecule has 0 aromatic carbocycles. The monoisotopic (exact) mass is 260 g/mol. The molecule has 0 spiro atoms. The number of rotatable bonds is 0. The minimum atomic E-state index is -2.92. The summed E-state index contributed by atoms with van der Waals surface area (Å²) < 4.78 is 0.